The first-order valence-corrected chi connectivity index (χ1v) is 11.2. The zero-order chi connectivity index (χ0) is 21.3. The third-order valence-corrected chi connectivity index (χ3v) is 6.69. The van der Waals surface area contributed by atoms with Crippen LogP contribution in [0.5, 0.6) is 0 Å². The largest absolute Gasteiger partial charge is 0.343 e. The van der Waals surface area contributed by atoms with E-state index < -0.39 is 0 Å². The smallest absolute Gasteiger partial charge is 0.219 e. The number of aromatic nitrogens is 2. The van der Waals surface area contributed by atoms with E-state index in [1.165, 1.54) is 28.6 Å². The van der Waals surface area contributed by atoms with Crippen molar-refractivity contribution >= 4 is 28.5 Å². The van der Waals surface area contributed by atoms with E-state index in [0.717, 1.165) is 55.3 Å². The van der Waals surface area contributed by atoms with Crippen LogP contribution in [0.3, 0.4) is 0 Å². The molecule has 1 atom stereocenters. The second kappa shape index (κ2) is 8.81. The fourth-order valence-electron chi connectivity index (χ4n) is 4.49. The summed E-state index contributed by atoms with van der Waals surface area (Å²) < 4.78 is 2.36. The molecule has 1 fully saturated rings. The minimum absolute atomic E-state index is 0.195. The van der Waals surface area contributed by atoms with Crippen molar-refractivity contribution in [3.63, 3.8) is 0 Å². The number of halogens is 1. The Balaban J connectivity index is 1.61. The van der Waals surface area contributed by atoms with Gasteiger partial charge in [0, 0.05) is 38.0 Å². The lowest BCUT2D eigenvalue weighted by Gasteiger charge is -2.32. The standard InChI is InChI=1S/C25H30ClN3O/c1-17-13-23-24(14-18(17)2)29(16-21-6-9-22(26)10-7-21)25(27-23)11-8-20-5-4-12-28(15-20)19(3)30/h6-7,9-10,13-14,20H,4-5,8,11-12,15-16H2,1-3H3. The summed E-state index contributed by atoms with van der Waals surface area (Å²) in [6.45, 7) is 8.55. The van der Waals surface area contributed by atoms with Gasteiger partial charge in [0.2, 0.25) is 5.91 Å². The van der Waals surface area contributed by atoms with Crippen molar-refractivity contribution in [3.8, 4) is 0 Å². The molecular weight excluding hydrogens is 394 g/mol. The molecule has 0 aliphatic carbocycles. The fourth-order valence-corrected chi connectivity index (χ4v) is 4.62. The minimum atomic E-state index is 0.195. The highest BCUT2D eigenvalue weighted by atomic mass is 35.5. The molecule has 2 aromatic carbocycles. The number of hydrogen-bond donors (Lipinski definition) is 0. The Hall–Kier alpha value is -2.33. The summed E-state index contributed by atoms with van der Waals surface area (Å²) in [6, 6.07) is 12.5. The summed E-state index contributed by atoms with van der Waals surface area (Å²) in [5.41, 5.74) is 6.04. The summed E-state index contributed by atoms with van der Waals surface area (Å²) in [5.74, 6) is 1.88. The third-order valence-electron chi connectivity index (χ3n) is 6.44. The van der Waals surface area contributed by atoms with Gasteiger partial charge in [0.05, 0.1) is 11.0 Å². The highest BCUT2D eigenvalue weighted by Crippen LogP contribution is 2.26. The van der Waals surface area contributed by atoms with Gasteiger partial charge in [-0.3, -0.25) is 4.79 Å². The summed E-state index contributed by atoms with van der Waals surface area (Å²) in [4.78, 5) is 18.8. The monoisotopic (exact) mass is 423 g/mol. The average molecular weight is 424 g/mol. The van der Waals surface area contributed by atoms with Gasteiger partial charge in [0.1, 0.15) is 5.82 Å². The van der Waals surface area contributed by atoms with E-state index in [9.17, 15) is 4.79 Å². The molecule has 0 spiro atoms. The molecule has 0 radical (unpaired) electrons. The number of amides is 1. The first-order valence-electron chi connectivity index (χ1n) is 10.9. The number of piperidine rings is 1. The number of likely N-dealkylation sites (tertiary alicyclic amines) is 1. The molecule has 1 aliphatic heterocycles. The first kappa shape index (κ1) is 20.9. The van der Waals surface area contributed by atoms with E-state index in [0.29, 0.717) is 5.92 Å². The SMILES string of the molecule is CC(=O)N1CCCC(CCc2nc3cc(C)c(C)cc3n2Cc2ccc(Cl)cc2)C1. The zero-order valence-corrected chi connectivity index (χ0v) is 18.9. The number of rotatable bonds is 5. The van der Waals surface area contributed by atoms with Gasteiger partial charge in [-0.1, -0.05) is 23.7 Å². The highest BCUT2D eigenvalue weighted by Gasteiger charge is 2.22. The minimum Gasteiger partial charge on any atom is -0.343 e. The number of nitrogens with zero attached hydrogens (tertiary/aromatic N) is 3. The topological polar surface area (TPSA) is 38.1 Å². The second-order valence-electron chi connectivity index (χ2n) is 8.68. The lowest BCUT2D eigenvalue weighted by Crippen LogP contribution is -2.38. The molecule has 0 saturated carbocycles. The van der Waals surface area contributed by atoms with Crippen molar-refractivity contribution in [2.45, 2.75) is 53.0 Å². The number of hydrogen-bond acceptors (Lipinski definition) is 2. The van der Waals surface area contributed by atoms with Crippen molar-refractivity contribution in [2.75, 3.05) is 13.1 Å². The Bertz CT molecular complexity index is 1050. The number of benzene rings is 2. The van der Waals surface area contributed by atoms with Crippen molar-refractivity contribution in [3.05, 3.63) is 63.9 Å². The maximum atomic E-state index is 11.8. The van der Waals surface area contributed by atoms with Crippen molar-refractivity contribution in [2.24, 2.45) is 5.92 Å². The molecule has 4 nitrogen and oxygen atoms in total. The number of carbonyl (C=O) groups excluding carboxylic acids is 1. The molecule has 2 heterocycles. The predicted octanol–water partition coefficient (Wildman–Crippen LogP) is 5.55. The molecule has 5 heteroatoms. The molecule has 1 amide bonds. The van der Waals surface area contributed by atoms with Crippen LogP contribution in [-0.2, 0) is 17.8 Å². The normalized spacial score (nSPS) is 16.9. The van der Waals surface area contributed by atoms with Crippen molar-refractivity contribution < 1.29 is 4.79 Å². The van der Waals surface area contributed by atoms with E-state index >= 15 is 0 Å². The molecule has 30 heavy (non-hydrogen) atoms. The van der Waals surface area contributed by atoms with E-state index in [2.05, 4.69) is 42.7 Å². The number of carbonyl (C=O) groups is 1. The average Bonchev–Trinajstić information content (AvgIpc) is 3.05. The third kappa shape index (κ3) is 4.54. The lowest BCUT2D eigenvalue weighted by atomic mass is 9.93. The summed E-state index contributed by atoms with van der Waals surface area (Å²) in [5, 5.41) is 0.758. The molecule has 0 N–H and O–H groups in total. The molecule has 1 aromatic heterocycles. The van der Waals surface area contributed by atoms with Crippen LogP contribution in [0.1, 0.15) is 48.7 Å². The van der Waals surface area contributed by atoms with E-state index in [-0.39, 0.29) is 5.91 Å². The second-order valence-corrected chi connectivity index (χ2v) is 9.11. The molecule has 1 aliphatic rings. The van der Waals surface area contributed by atoms with E-state index in [4.69, 9.17) is 16.6 Å². The fraction of sp³-hybridized carbons (Fsp3) is 0.440. The van der Waals surface area contributed by atoms with E-state index in [1.54, 1.807) is 6.92 Å². The maximum Gasteiger partial charge on any atom is 0.219 e. The van der Waals surface area contributed by atoms with Crippen LogP contribution < -0.4 is 0 Å². The number of aryl methyl sites for hydroxylation is 3. The van der Waals surface area contributed by atoms with Gasteiger partial charge >= 0.3 is 0 Å². The molecule has 1 saturated heterocycles. The van der Waals surface area contributed by atoms with Crippen LogP contribution in [0.2, 0.25) is 5.02 Å². The zero-order valence-electron chi connectivity index (χ0n) is 18.1. The Morgan fingerprint density at radius 2 is 1.90 bits per heavy atom. The summed E-state index contributed by atoms with van der Waals surface area (Å²) >= 11 is 6.08. The number of fused-ring (bicyclic) bond motifs is 1. The Kier molecular flexibility index (Phi) is 6.14. The van der Waals surface area contributed by atoms with Gasteiger partial charge in [-0.05, 0) is 80.0 Å². The van der Waals surface area contributed by atoms with Gasteiger partial charge in [-0.2, -0.15) is 0 Å². The molecular formula is C25H30ClN3O. The predicted molar refractivity (Wildman–Crippen MR) is 123 cm³/mol. The highest BCUT2D eigenvalue weighted by molar-refractivity contribution is 6.30. The Morgan fingerprint density at radius 3 is 2.63 bits per heavy atom. The molecule has 158 valence electrons. The lowest BCUT2D eigenvalue weighted by molar-refractivity contribution is -0.130. The van der Waals surface area contributed by atoms with Crippen LogP contribution in [0.15, 0.2) is 36.4 Å². The summed E-state index contributed by atoms with van der Waals surface area (Å²) in [7, 11) is 0. The van der Waals surface area contributed by atoms with Crippen LogP contribution in [0.4, 0.5) is 0 Å². The Morgan fingerprint density at radius 1 is 1.17 bits per heavy atom. The van der Waals surface area contributed by atoms with Crippen LogP contribution in [0, 0.1) is 19.8 Å². The van der Waals surface area contributed by atoms with Gasteiger partial charge in [0.15, 0.2) is 0 Å². The first-order chi connectivity index (χ1) is 14.4. The maximum absolute atomic E-state index is 11.8. The molecule has 3 aromatic rings. The number of imidazole rings is 1. The van der Waals surface area contributed by atoms with Gasteiger partial charge in [-0.15, -0.1) is 0 Å². The van der Waals surface area contributed by atoms with Crippen LogP contribution in [0.25, 0.3) is 11.0 Å². The summed E-state index contributed by atoms with van der Waals surface area (Å²) in [6.07, 6.45) is 4.28. The van der Waals surface area contributed by atoms with E-state index in [1.807, 2.05) is 17.0 Å². The van der Waals surface area contributed by atoms with Crippen LogP contribution in [-0.4, -0.2) is 33.4 Å². The van der Waals surface area contributed by atoms with Crippen molar-refractivity contribution in [1.82, 2.24) is 14.5 Å². The van der Waals surface area contributed by atoms with Gasteiger partial charge in [0.25, 0.3) is 0 Å². The van der Waals surface area contributed by atoms with Gasteiger partial charge < -0.3 is 9.47 Å². The molecule has 0 bridgehead atoms. The molecule has 4 rings (SSSR count). The van der Waals surface area contributed by atoms with Crippen LogP contribution >= 0.6 is 11.6 Å². The molecule has 1 unspecified atom stereocenters. The van der Waals surface area contributed by atoms with Crippen molar-refractivity contribution in [1.29, 1.82) is 0 Å². The quantitative estimate of drug-likeness (QED) is 0.539. The van der Waals surface area contributed by atoms with Gasteiger partial charge in [-0.25, -0.2) is 4.98 Å². The Labute approximate surface area is 183 Å².